The van der Waals surface area contributed by atoms with E-state index in [0.29, 0.717) is 27.3 Å². The maximum atomic E-state index is 6.07. The van der Waals surface area contributed by atoms with Crippen LogP contribution in [0.4, 0.5) is 0 Å². The molecule has 0 unspecified atom stereocenters. The van der Waals surface area contributed by atoms with Gasteiger partial charge in [0.15, 0.2) is 0 Å². The predicted molar refractivity (Wildman–Crippen MR) is 76.1 cm³/mol. The standard InChI is InChI=1S/C13H15Cl2N3O/c1-13(2,3)10(16)12-17-11(18-19-12)7-4-8(14)6-9(15)5-7/h4-6,10H,16H2,1-3H3/t10-/m1/s1. The molecule has 0 saturated heterocycles. The summed E-state index contributed by atoms with van der Waals surface area (Å²) < 4.78 is 5.21. The molecule has 19 heavy (non-hydrogen) atoms. The first kappa shape index (κ1) is 14.3. The van der Waals surface area contributed by atoms with Crippen molar-refractivity contribution in [1.29, 1.82) is 0 Å². The first-order valence-corrected chi connectivity index (χ1v) is 6.58. The molecule has 2 rings (SSSR count). The lowest BCUT2D eigenvalue weighted by Gasteiger charge is -2.23. The van der Waals surface area contributed by atoms with Crippen LogP contribution in [0.25, 0.3) is 11.4 Å². The molecule has 1 aromatic carbocycles. The van der Waals surface area contributed by atoms with Crippen LogP contribution in [0.1, 0.15) is 32.7 Å². The molecule has 1 atom stereocenters. The highest BCUT2D eigenvalue weighted by Gasteiger charge is 2.27. The summed E-state index contributed by atoms with van der Waals surface area (Å²) in [5.41, 5.74) is 6.62. The Hall–Kier alpha value is -1.10. The molecule has 0 aliphatic carbocycles. The fourth-order valence-corrected chi connectivity index (χ4v) is 2.06. The Kier molecular flexibility index (Phi) is 3.85. The highest BCUT2D eigenvalue weighted by Crippen LogP contribution is 2.31. The van der Waals surface area contributed by atoms with E-state index in [-0.39, 0.29) is 11.5 Å². The number of hydrogen-bond acceptors (Lipinski definition) is 4. The Morgan fingerprint density at radius 3 is 2.26 bits per heavy atom. The number of hydrogen-bond donors (Lipinski definition) is 1. The van der Waals surface area contributed by atoms with Crippen LogP contribution in [0.2, 0.25) is 10.0 Å². The van der Waals surface area contributed by atoms with Crippen LogP contribution < -0.4 is 5.73 Å². The summed E-state index contributed by atoms with van der Waals surface area (Å²) in [5.74, 6) is 0.831. The highest BCUT2D eigenvalue weighted by atomic mass is 35.5. The van der Waals surface area contributed by atoms with E-state index < -0.39 is 0 Å². The van der Waals surface area contributed by atoms with Gasteiger partial charge in [0.05, 0.1) is 6.04 Å². The Morgan fingerprint density at radius 2 is 1.74 bits per heavy atom. The Bertz CT molecular complexity index is 570. The van der Waals surface area contributed by atoms with Crippen LogP contribution in [0.3, 0.4) is 0 Å². The van der Waals surface area contributed by atoms with Gasteiger partial charge < -0.3 is 10.3 Å². The molecule has 6 heteroatoms. The first-order valence-electron chi connectivity index (χ1n) is 5.83. The van der Waals surface area contributed by atoms with E-state index in [0.717, 1.165) is 0 Å². The Balaban J connectivity index is 2.36. The molecule has 0 spiro atoms. The number of aromatic nitrogens is 2. The normalized spacial score (nSPS) is 13.6. The SMILES string of the molecule is CC(C)(C)[C@H](N)c1nc(-c2cc(Cl)cc(Cl)c2)no1. The molecular formula is C13H15Cl2N3O. The topological polar surface area (TPSA) is 64.9 Å². The minimum atomic E-state index is -0.330. The van der Waals surface area contributed by atoms with Crippen LogP contribution in [0.15, 0.2) is 22.7 Å². The molecule has 1 heterocycles. The van der Waals surface area contributed by atoms with Crippen molar-refractivity contribution >= 4 is 23.2 Å². The minimum absolute atomic E-state index is 0.157. The number of rotatable bonds is 2. The van der Waals surface area contributed by atoms with Crippen molar-refractivity contribution in [1.82, 2.24) is 10.1 Å². The number of benzene rings is 1. The fourth-order valence-electron chi connectivity index (χ4n) is 1.53. The van der Waals surface area contributed by atoms with E-state index >= 15 is 0 Å². The molecule has 0 aliphatic heterocycles. The van der Waals surface area contributed by atoms with Crippen molar-refractivity contribution < 1.29 is 4.52 Å². The van der Waals surface area contributed by atoms with Gasteiger partial charge in [-0.1, -0.05) is 49.1 Å². The Morgan fingerprint density at radius 1 is 1.16 bits per heavy atom. The zero-order valence-corrected chi connectivity index (χ0v) is 12.5. The quantitative estimate of drug-likeness (QED) is 0.907. The zero-order valence-electron chi connectivity index (χ0n) is 10.9. The second-order valence-corrected chi connectivity index (χ2v) is 6.33. The van der Waals surface area contributed by atoms with Crippen molar-refractivity contribution in [2.45, 2.75) is 26.8 Å². The molecular weight excluding hydrogens is 285 g/mol. The first-order chi connectivity index (χ1) is 8.77. The van der Waals surface area contributed by atoms with Crippen molar-refractivity contribution in [2.75, 3.05) is 0 Å². The lowest BCUT2D eigenvalue weighted by molar-refractivity contribution is 0.253. The van der Waals surface area contributed by atoms with Gasteiger partial charge in [-0.15, -0.1) is 0 Å². The third-order valence-corrected chi connectivity index (χ3v) is 3.20. The molecule has 102 valence electrons. The van der Waals surface area contributed by atoms with Gasteiger partial charge in [-0.25, -0.2) is 0 Å². The largest absolute Gasteiger partial charge is 0.337 e. The van der Waals surface area contributed by atoms with Gasteiger partial charge in [0.2, 0.25) is 11.7 Å². The third kappa shape index (κ3) is 3.26. The summed E-state index contributed by atoms with van der Waals surface area (Å²) in [6, 6.07) is 4.77. The van der Waals surface area contributed by atoms with Crippen molar-refractivity contribution in [3.8, 4) is 11.4 Å². The number of halogens is 2. The smallest absolute Gasteiger partial charge is 0.244 e. The third-order valence-electron chi connectivity index (χ3n) is 2.76. The molecule has 2 aromatic rings. The predicted octanol–water partition coefficient (Wildman–Crippen LogP) is 4.09. The molecule has 0 amide bonds. The van der Waals surface area contributed by atoms with Crippen LogP contribution in [0.5, 0.6) is 0 Å². The van der Waals surface area contributed by atoms with Gasteiger partial charge in [-0.3, -0.25) is 0 Å². The van der Waals surface area contributed by atoms with Gasteiger partial charge in [-0.05, 0) is 23.6 Å². The van der Waals surface area contributed by atoms with E-state index in [1.165, 1.54) is 0 Å². The molecule has 0 aliphatic rings. The van der Waals surface area contributed by atoms with E-state index in [4.69, 9.17) is 33.5 Å². The summed E-state index contributed by atoms with van der Waals surface area (Å²) in [5, 5.41) is 4.96. The maximum Gasteiger partial charge on any atom is 0.244 e. The molecule has 0 fully saturated rings. The lowest BCUT2D eigenvalue weighted by atomic mass is 9.87. The average Bonchev–Trinajstić information content (AvgIpc) is 2.74. The highest BCUT2D eigenvalue weighted by molar-refractivity contribution is 6.35. The molecule has 1 aromatic heterocycles. The molecule has 0 saturated carbocycles. The molecule has 0 bridgehead atoms. The van der Waals surface area contributed by atoms with Crippen molar-refractivity contribution in [3.63, 3.8) is 0 Å². The van der Waals surface area contributed by atoms with Gasteiger partial charge in [0.1, 0.15) is 0 Å². The zero-order chi connectivity index (χ0) is 14.2. The van der Waals surface area contributed by atoms with Crippen molar-refractivity contribution in [3.05, 3.63) is 34.1 Å². The minimum Gasteiger partial charge on any atom is -0.337 e. The summed E-state index contributed by atoms with van der Waals surface area (Å²) in [6.07, 6.45) is 0. The lowest BCUT2D eigenvalue weighted by Crippen LogP contribution is -2.26. The second kappa shape index (κ2) is 5.12. The summed E-state index contributed by atoms with van der Waals surface area (Å²) in [4.78, 5) is 4.31. The van der Waals surface area contributed by atoms with Gasteiger partial charge >= 0.3 is 0 Å². The van der Waals surface area contributed by atoms with E-state index in [1.54, 1.807) is 18.2 Å². The fraction of sp³-hybridized carbons (Fsp3) is 0.385. The van der Waals surface area contributed by atoms with Crippen LogP contribution in [0, 0.1) is 5.41 Å². The summed E-state index contributed by atoms with van der Waals surface area (Å²) in [6.45, 7) is 6.04. The van der Waals surface area contributed by atoms with Gasteiger partial charge in [0.25, 0.3) is 0 Å². The number of nitrogens with two attached hydrogens (primary N) is 1. The summed E-state index contributed by atoms with van der Waals surface area (Å²) >= 11 is 11.9. The van der Waals surface area contributed by atoms with Crippen LogP contribution in [-0.4, -0.2) is 10.1 Å². The van der Waals surface area contributed by atoms with E-state index in [2.05, 4.69) is 10.1 Å². The average molecular weight is 300 g/mol. The van der Waals surface area contributed by atoms with Crippen LogP contribution in [-0.2, 0) is 0 Å². The monoisotopic (exact) mass is 299 g/mol. The number of nitrogens with zero attached hydrogens (tertiary/aromatic N) is 2. The summed E-state index contributed by atoms with van der Waals surface area (Å²) in [7, 11) is 0. The van der Waals surface area contributed by atoms with Gasteiger partial charge in [-0.2, -0.15) is 4.98 Å². The maximum absolute atomic E-state index is 6.07. The van der Waals surface area contributed by atoms with Crippen LogP contribution >= 0.6 is 23.2 Å². The molecule has 0 radical (unpaired) electrons. The van der Waals surface area contributed by atoms with Gasteiger partial charge in [0, 0.05) is 15.6 Å². The molecule has 2 N–H and O–H groups in total. The van der Waals surface area contributed by atoms with Crippen molar-refractivity contribution in [2.24, 2.45) is 11.1 Å². The Labute approximate surface area is 121 Å². The van der Waals surface area contributed by atoms with E-state index in [1.807, 2.05) is 20.8 Å². The van der Waals surface area contributed by atoms with E-state index in [9.17, 15) is 0 Å². The molecule has 4 nitrogen and oxygen atoms in total. The second-order valence-electron chi connectivity index (χ2n) is 5.46.